The van der Waals surface area contributed by atoms with Crippen LogP contribution in [-0.4, -0.2) is 54.5 Å². The lowest BCUT2D eigenvalue weighted by Gasteiger charge is -2.22. The SMILES string of the molecule is O=C(OCCCO)[C@@H]1CCCN1C(=O)OCC1CC1. The zero-order valence-electron chi connectivity index (χ0n) is 11.0. The monoisotopic (exact) mass is 271 g/mol. The summed E-state index contributed by atoms with van der Waals surface area (Å²) in [4.78, 5) is 25.2. The molecule has 0 bridgehead atoms. The summed E-state index contributed by atoms with van der Waals surface area (Å²) in [5.74, 6) is 0.121. The van der Waals surface area contributed by atoms with Gasteiger partial charge < -0.3 is 14.6 Å². The predicted molar refractivity (Wildman–Crippen MR) is 66.5 cm³/mol. The molecule has 2 fully saturated rings. The molecule has 1 heterocycles. The molecule has 0 spiro atoms. The van der Waals surface area contributed by atoms with Crippen molar-refractivity contribution in [1.29, 1.82) is 0 Å². The summed E-state index contributed by atoms with van der Waals surface area (Å²) in [6.45, 7) is 1.19. The zero-order chi connectivity index (χ0) is 13.7. The van der Waals surface area contributed by atoms with Crippen LogP contribution in [0.3, 0.4) is 0 Å². The number of hydrogen-bond donors (Lipinski definition) is 1. The molecule has 108 valence electrons. The minimum atomic E-state index is -0.523. The molecule has 1 aliphatic heterocycles. The third kappa shape index (κ3) is 4.09. The zero-order valence-corrected chi connectivity index (χ0v) is 11.0. The van der Waals surface area contributed by atoms with Crippen LogP contribution >= 0.6 is 0 Å². The summed E-state index contributed by atoms with van der Waals surface area (Å²) in [5, 5.41) is 8.64. The molecule has 2 aliphatic rings. The van der Waals surface area contributed by atoms with Crippen molar-refractivity contribution >= 4 is 12.1 Å². The molecule has 19 heavy (non-hydrogen) atoms. The van der Waals surface area contributed by atoms with Gasteiger partial charge in [0.05, 0.1) is 13.2 Å². The summed E-state index contributed by atoms with van der Waals surface area (Å²) in [7, 11) is 0. The van der Waals surface area contributed by atoms with Crippen LogP contribution in [0.4, 0.5) is 4.79 Å². The van der Waals surface area contributed by atoms with Crippen molar-refractivity contribution < 1.29 is 24.2 Å². The number of hydrogen-bond acceptors (Lipinski definition) is 5. The smallest absolute Gasteiger partial charge is 0.410 e. The fraction of sp³-hybridized carbons (Fsp3) is 0.846. The number of carbonyl (C=O) groups excluding carboxylic acids is 2. The Morgan fingerprint density at radius 2 is 2.00 bits per heavy atom. The first-order valence-corrected chi connectivity index (χ1v) is 6.93. The molecule has 0 unspecified atom stereocenters. The average molecular weight is 271 g/mol. The molecule has 0 radical (unpaired) electrons. The Morgan fingerprint density at radius 3 is 2.68 bits per heavy atom. The molecule has 0 aromatic heterocycles. The highest BCUT2D eigenvalue weighted by atomic mass is 16.6. The number of ether oxygens (including phenoxy) is 2. The number of carbonyl (C=O) groups is 2. The van der Waals surface area contributed by atoms with Crippen molar-refractivity contribution in [1.82, 2.24) is 4.90 Å². The lowest BCUT2D eigenvalue weighted by atomic mass is 10.2. The molecule has 1 N–H and O–H groups in total. The van der Waals surface area contributed by atoms with E-state index in [1.54, 1.807) is 0 Å². The minimum absolute atomic E-state index is 0.00884. The number of likely N-dealkylation sites (tertiary alicyclic amines) is 1. The van der Waals surface area contributed by atoms with Gasteiger partial charge in [0, 0.05) is 19.6 Å². The topological polar surface area (TPSA) is 76.1 Å². The molecule has 1 atom stereocenters. The van der Waals surface area contributed by atoms with Gasteiger partial charge in [-0.05, 0) is 31.6 Å². The van der Waals surface area contributed by atoms with E-state index < -0.39 is 18.1 Å². The largest absolute Gasteiger partial charge is 0.464 e. The second kappa shape index (κ2) is 6.75. The highest BCUT2D eigenvalue weighted by Gasteiger charge is 2.36. The molecular weight excluding hydrogens is 250 g/mol. The van der Waals surface area contributed by atoms with Crippen LogP contribution in [0, 0.1) is 5.92 Å². The van der Waals surface area contributed by atoms with Crippen LogP contribution in [-0.2, 0) is 14.3 Å². The van der Waals surface area contributed by atoms with E-state index in [2.05, 4.69) is 0 Å². The molecule has 1 saturated heterocycles. The van der Waals surface area contributed by atoms with Crippen molar-refractivity contribution in [3.05, 3.63) is 0 Å². The first-order chi connectivity index (χ1) is 9.22. The van der Waals surface area contributed by atoms with Gasteiger partial charge in [-0.15, -0.1) is 0 Å². The molecule has 2 rings (SSSR count). The van der Waals surface area contributed by atoms with Crippen LogP contribution in [0.5, 0.6) is 0 Å². The highest BCUT2D eigenvalue weighted by molar-refractivity contribution is 5.82. The average Bonchev–Trinajstić information content (AvgIpc) is 3.10. The fourth-order valence-corrected chi connectivity index (χ4v) is 2.12. The lowest BCUT2D eigenvalue weighted by molar-refractivity contribution is -0.148. The minimum Gasteiger partial charge on any atom is -0.464 e. The summed E-state index contributed by atoms with van der Waals surface area (Å²) in [6, 6.07) is -0.523. The van der Waals surface area contributed by atoms with E-state index >= 15 is 0 Å². The normalized spacial score (nSPS) is 22.4. The van der Waals surface area contributed by atoms with Gasteiger partial charge in [0.1, 0.15) is 6.04 Å². The summed E-state index contributed by atoms with van der Waals surface area (Å²) in [6.07, 6.45) is 3.67. The molecule has 1 saturated carbocycles. The maximum atomic E-state index is 11.9. The Labute approximate surface area is 112 Å². The van der Waals surface area contributed by atoms with Crippen LogP contribution in [0.2, 0.25) is 0 Å². The Bertz CT molecular complexity index is 329. The Morgan fingerprint density at radius 1 is 1.21 bits per heavy atom. The van der Waals surface area contributed by atoms with Gasteiger partial charge in [-0.2, -0.15) is 0 Å². The van der Waals surface area contributed by atoms with Crippen molar-refractivity contribution in [2.45, 2.75) is 38.1 Å². The van der Waals surface area contributed by atoms with E-state index in [9.17, 15) is 9.59 Å². The van der Waals surface area contributed by atoms with E-state index in [-0.39, 0.29) is 13.2 Å². The van der Waals surface area contributed by atoms with E-state index in [1.807, 2.05) is 0 Å². The number of amides is 1. The van der Waals surface area contributed by atoms with Crippen LogP contribution in [0.1, 0.15) is 32.1 Å². The van der Waals surface area contributed by atoms with Gasteiger partial charge in [0.2, 0.25) is 0 Å². The molecule has 1 aliphatic carbocycles. The molecule has 6 nitrogen and oxygen atoms in total. The molecular formula is C13H21NO5. The van der Waals surface area contributed by atoms with Gasteiger partial charge >= 0.3 is 12.1 Å². The van der Waals surface area contributed by atoms with Gasteiger partial charge in [-0.25, -0.2) is 9.59 Å². The summed E-state index contributed by atoms with van der Waals surface area (Å²) < 4.78 is 10.2. The Balaban J connectivity index is 1.77. The summed E-state index contributed by atoms with van der Waals surface area (Å²) >= 11 is 0. The van der Waals surface area contributed by atoms with Crippen LogP contribution in [0.15, 0.2) is 0 Å². The first-order valence-electron chi connectivity index (χ1n) is 6.93. The maximum absolute atomic E-state index is 11.9. The predicted octanol–water partition coefficient (Wildman–Crippen LogP) is 0.923. The number of aliphatic hydroxyl groups is 1. The number of esters is 1. The fourth-order valence-electron chi connectivity index (χ4n) is 2.12. The molecule has 1 amide bonds. The highest BCUT2D eigenvalue weighted by Crippen LogP contribution is 2.29. The van der Waals surface area contributed by atoms with E-state index in [0.29, 0.717) is 31.9 Å². The third-order valence-electron chi connectivity index (χ3n) is 3.45. The molecule has 0 aromatic rings. The standard InChI is InChI=1S/C13H21NO5/c15-7-2-8-18-12(16)11-3-1-6-14(11)13(17)19-9-10-4-5-10/h10-11,15H,1-9H2/t11-/m0/s1. The lowest BCUT2D eigenvalue weighted by Crippen LogP contribution is -2.42. The molecule has 6 heteroatoms. The quantitative estimate of drug-likeness (QED) is 0.574. The molecule has 0 aromatic carbocycles. The Hall–Kier alpha value is -1.30. The number of aliphatic hydroxyl groups excluding tert-OH is 1. The van der Waals surface area contributed by atoms with Gasteiger partial charge in [-0.1, -0.05) is 0 Å². The summed E-state index contributed by atoms with van der Waals surface area (Å²) in [5.41, 5.74) is 0. The van der Waals surface area contributed by atoms with Crippen LogP contribution in [0.25, 0.3) is 0 Å². The number of nitrogens with zero attached hydrogens (tertiary/aromatic N) is 1. The Kier molecular flexibility index (Phi) is 5.01. The van der Waals surface area contributed by atoms with Gasteiger partial charge in [0.25, 0.3) is 0 Å². The maximum Gasteiger partial charge on any atom is 0.410 e. The van der Waals surface area contributed by atoms with Crippen molar-refractivity contribution in [2.24, 2.45) is 5.92 Å². The van der Waals surface area contributed by atoms with Crippen molar-refractivity contribution in [2.75, 3.05) is 26.4 Å². The van der Waals surface area contributed by atoms with E-state index in [0.717, 1.165) is 19.3 Å². The number of rotatable bonds is 6. The third-order valence-corrected chi connectivity index (χ3v) is 3.45. The van der Waals surface area contributed by atoms with Gasteiger partial charge in [-0.3, -0.25) is 4.90 Å². The second-order valence-electron chi connectivity index (χ2n) is 5.12. The van der Waals surface area contributed by atoms with E-state index in [4.69, 9.17) is 14.6 Å². The van der Waals surface area contributed by atoms with Crippen molar-refractivity contribution in [3.8, 4) is 0 Å². The van der Waals surface area contributed by atoms with Crippen LogP contribution < -0.4 is 0 Å². The first kappa shape index (κ1) is 14.1. The van der Waals surface area contributed by atoms with Gasteiger partial charge in [0.15, 0.2) is 0 Å². The second-order valence-corrected chi connectivity index (χ2v) is 5.12. The van der Waals surface area contributed by atoms with E-state index in [1.165, 1.54) is 4.90 Å². The van der Waals surface area contributed by atoms with Crippen molar-refractivity contribution in [3.63, 3.8) is 0 Å².